The topological polar surface area (TPSA) is 20.3 Å². The van der Waals surface area contributed by atoms with Crippen LogP contribution in [0.3, 0.4) is 0 Å². The van der Waals surface area contributed by atoms with Crippen LogP contribution in [0.1, 0.15) is 13.3 Å². The summed E-state index contributed by atoms with van der Waals surface area (Å²) in [7, 11) is 0. The fourth-order valence-corrected chi connectivity index (χ4v) is 2.51. The lowest BCUT2D eigenvalue weighted by Gasteiger charge is -2.20. The maximum atomic E-state index is 11.9. The van der Waals surface area contributed by atoms with Crippen LogP contribution in [0.4, 0.5) is 0 Å². The van der Waals surface area contributed by atoms with Crippen LogP contribution in [-0.4, -0.2) is 35.5 Å². The first-order valence-electron chi connectivity index (χ1n) is 5.79. The van der Waals surface area contributed by atoms with Gasteiger partial charge in [-0.2, -0.15) is 0 Å². The fourth-order valence-electron chi connectivity index (χ4n) is 1.49. The highest BCUT2D eigenvalue weighted by Gasteiger charge is 2.11. The molecular formula is C13H18ClNOS. The van der Waals surface area contributed by atoms with Crippen LogP contribution in [0.5, 0.6) is 0 Å². The third kappa shape index (κ3) is 5.46. The third-order valence-electron chi connectivity index (χ3n) is 2.31. The van der Waals surface area contributed by atoms with Crippen LogP contribution >= 0.6 is 23.4 Å². The third-order valence-corrected chi connectivity index (χ3v) is 3.47. The predicted octanol–water partition coefficient (Wildman–Crippen LogP) is 3.26. The normalized spacial score (nSPS) is 10.2. The highest BCUT2D eigenvalue weighted by molar-refractivity contribution is 8.00. The van der Waals surface area contributed by atoms with Crippen molar-refractivity contribution in [3.63, 3.8) is 0 Å². The van der Waals surface area contributed by atoms with Crippen molar-refractivity contribution in [1.29, 1.82) is 0 Å². The van der Waals surface area contributed by atoms with Gasteiger partial charge >= 0.3 is 0 Å². The second-order valence-electron chi connectivity index (χ2n) is 3.67. The molecule has 0 N–H and O–H groups in total. The predicted molar refractivity (Wildman–Crippen MR) is 74.8 cm³/mol. The van der Waals surface area contributed by atoms with Gasteiger partial charge in [-0.05, 0) is 18.6 Å². The molecule has 0 aliphatic heterocycles. The summed E-state index contributed by atoms with van der Waals surface area (Å²) < 4.78 is 0. The summed E-state index contributed by atoms with van der Waals surface area (Å²) in [6.07, 6.45) is 0.971. The first-order chi connectivity index (χ1) is 8.27. The first-order valence-corrected chi connectivity index (χ1v) is 7.31. The Bertz CT molecular complexity index is 325. The zero-order chi connectivity index (χ0) is 12.5. The molecule has 1 amide bonds. The van der Waals surface area contributed by atoms with Gasteiger partial charge in [0.25, 0.3) is 0 Å². The van der Waals surface area contributed by atoms with Gasteiger partial charge in [0.05, 0.1) is 5.75 Å². The second kappa shape index (κ2) is 8.43. The Morgan fingerprint density at radius 2 is 2.00 bits per heavy atom. The highest BCUT2D eigenvalue weighted by atomic mass is 35.5. The van der Waals surface area contributed by atoms with Crippen molar-refractivity contribution in [2.75, 3.05) is 24.7 Å². The van der Waals surface area contributed by atoms with Crippen molar-refractivity contribution >= 4 is 29.3 Å². The van der Waals surface area contributed by atoms with Gasteiger partial charge in [0.15, 0.2) is 0 Å². The number of carbonyl (C=O) groups is 1. The van der Waals surface area contributed by atoms with Gasteiger partial charge in [0.1, 0.15) is 0 Å². The van der Waals surface area contributed by atoms with Crippen LogP contribution < -0.4 is 0 Å². The lowest BCUT2D eigenvalue weighted by atomic mass is 10.4. The number of alkyl halides is 1. The molecule has 0 saturated carbocycles. The van der Waals surface area contributed by atoms with E-state index in [1.165, 1.54) is 0 Å². The molecule has 0 spiro atoms. The summed E-state index contributed by atoms with van der Waals surface area (Å²) >= 11 is 7.27. The molecule has 0 fully saturated rings. The number of nitrogens with zero attached hydrogens (tertiary/aromatic N) is 1. The molecule has 0 aliphatic carbocycles. The number of benzene rings is 1. The summed E-state index contributed by atoms with van der Waals surface area (Å²) in [6, 6.07) is 9.97. The fraction of sp³-hybridized carbons (Fsp3) is 0.462. The molecule has 0 bridgehead atoms. The van der Waals surface area contributed by atoms with E-state index in [2.05, 4.69) is 6.92 Å². The average Bonchev–Trinajstić information content (AvgIpc) is 2.37. The number of carbonyl (C=O) groups excluding carboxylic acids is 1. The van der Waals surface area contributed by atoms with Gasteiger partial charge in [-0.3, -0.25) is 4.79 Å². The van der Waals surface area contributed by atoms with Gasteiger partial charge in [0.2, 0.25) is 5.91 Å². The minimum Gasteiger partial charge on any atom is -0.341 e. The Labute approximate surface area is 112 Å². The van der Waals surface area contributed by atoms with E-state index >= 15 is 0 Å². The van der Waals surface area contributed by atoms with Crippen LogP contribution in [-0.2, 0) is 4.79 Å². The standard InChI is InChI=1S/C13H18ClNOS/c1-2-9-15(10-8-14)13(16)11-17-12-6-4-3-5-7-12/h3-7H,2,8-11H2,1H3. The number of amides is 1. The largest absolute Gasteiger partial charge is 0.341 e. The zero-order valence-corrected chi connectivity index (χ0v) is 11.6. The number of thioether (sulfide) groups is 1. The summed E-state index contributed by atoms with van der Waals surface area (Å²) in [4.78, 5) is 14.9. The van der Waals surface area contributed by atoms with E-state index < -0.39 is 0 Å². The molecule has 2 nitrogen and oxygen atoms in total. The van der Waals surface area contributed by atoms with E-state index in [0.717, 1.165) is 17.9 Å². The van der Waals surface area contributed by atoms with Crippen molar-refractivity contribution in [3.8, 4) is 0 Å². The SMILES string of the molecule is CCCN(CCCl)C(=O)CSc1ccccc1. The van der Waals surface area contributed by atoms with Crippen molar-refractivity contribution in [2.45, 2.75) is 18.2 Å². The minimum atomic E-state index is 0.168. The molecule has 0 aliphatic rings. The van der Waals surface area contributed by atoms with Crippen molar-refractivity contribution in [3.05, 3.63) is 30.3 Å². The molecular weight excluding hydrogens is 254 g/mol. The molecule has 17 heavy (non-hydrogen) atoms. The molecule has 0 unspecified atom stereocenters. The molecule has 0 aromatic heterocycles. The lowest BCUT2D eigenvalue weighted by molar-refractivity contribution is -0.128. The van der Waals surface area contributed by atoms with Gasteiger partial charge < -0.3 is 4.90 Å². The smallest absolute Gasteiger partial charge is 0.232 e. The Balaban J connectivity index is 2.41. The molecule has 1 aromatic rings. The highest BCUT2D eigenvalue weighted by Crippen LogP contribution is 2.17. The molecule has 4 heteroatoms. The summed E-state index contributed by atoms with van der Waals surface area (Å²) in [5.41, 5.74) is 0. The van der Waals surface area contributed by atoms with Gasteiger partial charge in [-0.1, -0.05) is 25.1 Å². The molecule has 0 atom stereocenters. The van der Waals surface area contributed by atoms with Gasteiger partial charge in [0, 0.05) is 23.9 Å². The monoisotopic (exact) mass is 271 g/mol. The molecule has 94 valence electrons. The number of halogens is 1. The molecule has 0 radical (unpaired) electrons. The van der Waals surface area contributed by atoms with Crippen LogP contribution in [0.15, 0.2) is 35.2 Å². The Morgan fingerprint density at radius 1 is 1.29 bits per heavy atom. The zero-order valence-electron chi connectivity index (χ0n) is 10.1. The Kier molecular flexibility index (Phi) is 7.13. The first kappa shape index (κ1) is 14.4. The number of hydrogen-bond donors (Lipinski definition) is 0. The van der Waals surface area contributed by atoms with Crippen LogP contribution in [0.25, 0.3) is 0 Å². The van der Waals surface area contributed by atoms with Crippen molar-refractivity contribution in [2.24, 2.45) is 0 Å². The molecule has 0 saturated heterocycles. The number of rotatable bonds is 7. The van der Waals surface area contributed by atoms with E-state index in [4.69, 9.17) is 11.6 Å². The minimum absolute atomic E-state index is 0.168. The van der Waals surface area contributed by atoms with E-state index in [1.807, 2.05) is 35.2 Å². The Hall–Kier alpha value is -0.670. The van der Waals surface area contributed by atoms with Crippen molar-refractivity contribution in [1.82, 2.24) is 4.90 Å². The van der Waals surface area contributed by atoms with E-state index in [0.29, 0.717) is 18.2 Å². The molecule has 1 aromatic carbocycles. The second-order valence-corrected chi connectivity index (χ2v) is 5.10. The van der Waals surface area contributed by atoms with Crippen molar-refractivity contribution < 1.29 is 4.79 Å². The van der Waals surface area contributed by atoms with Crippen LogP contribution in [0.2, 0.25) is 0 Å². The molecule has 0 heterocycles. The quantitative estimate of drug-likeness (QED) is 0.560. The van der Waals surface area contributed by atoms with Gasteiger partial charge in [-0.15, -0.1) is 23.4 Å². The Morgan fingerprint density at radius 3 is 2.59 bits per heavy atom. The maximum Gasteiger partial charge on any atom is 0.232 e. The van der Waals surface area contributed by atoms with E-state index in [-0.39, 0.29) is 5.91 Å². The van der Waals surface area contributed by atoms with Crippen LogP contribution in [0, 0.1) is 0 Å². The molecule has 1 rings (SSSR count). The van der Waals surface area contributed by atoms with E-state index in [1.54, 1.807) is 11.8 Å². The number of hydrogen-bond acceptors (Lipinski definition) is 2. The summed E-state index contributed by atoms with van der Waals surface area (Å²) in [5.74, 6) is 1.16. The van der Waals surface area contributed by atoms with Gasteiger partial charge in [-0.25, -0.2) is 0 Å². The van der Waals surface area contributed by atoms with E-state index in [9.17, 15) is 4.79 Å². The summed E-state index contributed by atoms with van der Waals surface area (Å²) in [5, 5.41) is 0. The lowest BCUT2D eigenvalue weighted by Crippen LogP contribution is -2.34. The summed E-state index contributed by atoms with van der Waals surface area (Å²) in [6.45, 7) is 3.50. The maximum absolute atomic E-state index is 11.9. The average molecular weight is 272 g/mol.